The quantitative estimate of drug-likeness (QED) is 0.378. The van der Waals surface area contributed by atoms with Crippen LogP contribution in [0.2, 0.25) is 0 Å². The molecule has 3 atom stereocenters. The van der Waals surface area contributed by atoms with Crippen molar-refractivity contribution in [1.29, 1.82) is 0 Å². The van der Waals surface area contributed by atoms with E-state index in [1.54, 1.807) is 0 Å². The minimum Gasteiger partial charge on any atom is -0.443 e. The molecule has 0 spiro atoms. The van der Waals surface area contributed by atoms with Crippen molar-refractivity contribution in [2.45, 2.75) is 76.5 Å². The van der Waals surface area contributed by atoms with E-state index in [2.05, 4.69) is 16.0 Å². The van der Waals surface area contributed by atoms with Gasteiger partial charge in [0, 0.05) is 18.9 Å². The van der Waals surface area contributed by atoms with Gasteiger partial charge in [0.1, 0.15) is 11.6 Å². The normalized spacial score (nSPS) is 20.3. The van der Waals surface area contributed by atoms with Gasteiger partial charge >= 0.3 is 6.09 Å². The van der Waals surface area contributed by atoms with E-state index in [1.165, 1.54) is 0 Å². The molecule has 9 heteroatoms. The maximum Gasteiger partial charge on any atom is 0.408 e. The van der Waals surface area contributed by atoms with Crippen LogP contribution in [0.15, 0.2) is 30.3 Å². The van der Waals surface area contributed by atoms with E-state index in [0.29, 0.717) is 25.8 Å². The van der Waals surface area contributed by atoms with Gasteiger partial charge in [0.25, 0.3) is 0 Å². The average Bonchev–Trinajstić information content (AvgIpc) is 3.20. The van der Waals surface area contributed by atoms with Crippen molar-refractivity contribution < 1.29 is 23.9 Å². The van der Waals surface area contributed by atoms with Crippen LogP contribution < -0.4 is 16.0 Å². The van der Waals surface area contributed by atoms with Gasteiger partial charge in [-0.25, -0.2) is 4.79 Å². The van der Waals surface area contributed by atoms with Crippen LogP contribution in [0.1, 0.15) is 57.9 Å². The zero-order valence-corrected chi connectivity index (χ0v) is 21.2. The van der Waals surface area contributed by atoms with Gasteiger partial charge in [0.15, 0.2) is 5.78 Å². The number of halogens is 1. The molecule has 3 rings (SSSR count). The molecule has 1 saturated carbocycles. The highest BCUT2D eigenvalue weighted by atomic mass is 35.5. The molecule has 35 heavy (non-hydrogen) atoms. The molecule has 8 nitrogen and oxygen atoms in total. The Bertz CT molecular complexity index is 904. The summed E-state index contributed by atoms with van der Waals surface area (Å²) in [5, 5.41) is 8.20. The summed E-state index contributed by atoms with van der Waals surface area (Å²) in [5.41, 5.74) is 0.520. The number of ether oxygens (including phenoxy) is 1. The molecule has 192 valence electrons. The van der Waals surface area contributed by atoms with Gasteiger partial charge in [-0.3, -0.25) is 14.4 Å². The van der Waals surface area contributed by atoms with E-state index in [1.807, 2.05) is 44.2 Å². The van der Waals surface area contributed by atoms with E-state index in [9.17, 15) is 19.2 Å². The zero-order chi connectivity index (χ0) is 25.4. The molecule has 3 unspecified atom stereocenters. The third-order valence-corrected chi connectivity index (χ3v) is 7.04. The fourth-order valence-corrected chi connectivity index (χ4v) is 4.90. The summed E-state index contributed by atoms with van der Waals surface area (Å²) in [6.07, 6.45) is 3.66. The monoisotopic (exact) mass is 505 g/mol. The summed E-state index contributed by atoms with van der Waals surface area (Å²) >= 11 is 5.77. The third-order valence-electron chi connectivity index (χ3n) is 6.78. The van der Waals surface area contributed by atoms with Crippen LogP contribution in [-0.4, -0.2) is 53.8 Å². The number of alkyl halides is 1. The lowest BCUT2D eigenvalue weighted by Gasteiger charge is -2.41. The van der Waals surface area contributed by atoms with Crippen LogP contribution in [0.3, 0.4) is 0 Å². The van der Waals surface area contributed by atoms with E-state index in [0.717, 1.165) is 24.8 Å². The number of benzene rings is 1. The van der Waals surface area contributed by atoms with Crippen molar-refractivity contribution in [3.8, 4) is 0 Å². The number of alkyl carbamates (subject to hydrolysis) is 1. The second kappa shape index (κ2) is 12.4. The number of amides is 3. The van der Waals surface area contributed by atoms with Crippen molar-refractivity contribution in [3.05, 3.63) is 35.9 Å². The average molecular weight is 506 g/mol. The summed E-state index contributed by atoms with van der Waals surface area (Å²) in [6, 6.07) is 8.11. The first kappa shape index (κ1) is 27.0. The number of Topliss-reactive ketones (excluding diaryl/α,β-unsaturated/α-hetero) is 1. The highest BCUT2D eigenvalue weighted by molar-refractivity contribution is 6.28. The molecule has 1 saturated heterocycles. The van der Waals surface area contributed by atoms with E-state index in [-0.39, 0.29) is 35.8 Å². The van der Waals surface area contributed by atoms with E-state index < -0.39 is 29.7 Å². The summed E-state index contributed by atoms with van der Waals surface area (Å²) in [5.74, 6) is -1.49. The first-order valence-corrected chi connectivity index (χ1v) is 12.9. The number of hydrogen-bond acceptors (Lipinski definition) is 5. The van der Waals surface area contributed by atoms with Crippen LogP contribution in [0.25, 0.3) is 0 Å². The Balaban J connectivity index is 1.64. The predicted molar refractivity (Wildman–Crippen MR) is 133 cm³/mol. The molecule has 0 radical (unpaired) electrons. The van der Waals surface area contributed by atoms with Crippen molar-refractivity contribution in [2.24, 2.45) is 11.8 Å². The molecule has 0 aromatic heterocycles. The van der Waals surface area contributed by atoms with Gasteiger partial charge in [0.05, 0.1) is 11.9 Å². The topological polar surface area (TPSA) is 114 Å². The van der Waals surface area contributed by atoms with Crippen molar-refractivity contribution in [3.63, 3.8) is 0 Å². The van der Waals surface area contributed by atoms with Crippen LogP contribution in [0.4, 0.5) is 4.79 Å². The molecule has 2 fully saturated rings. The van der Waals surface area contributed by atoms with Gasteiger partial charge in [-0.15, -0.1) is 11.6 Å². The van der Waals surface area contributed by atoms with Crippen LogP contribution in [0.5, 0.6) is 0 Å². The molecular weight excluding hydrogens is 470 g/mol. The number of ketones is 1. The number of rotatable bonds is 12. The minimum absolute atomic E-state index is 0.107. The second-order valence-corrected chi connectivity index (χ2v) is 10.4. The SMILES string of the molecule is CC(C)CC(NC(=O)OC1(Cc2ccccc2)CCC1)C(=O)NC(CC1CCNC1=O)C(=O)CCl. The maximum atomic E-state index is 13.2. The lowest BCUT2D eigenvalue weighted by molar-refractivity contribution is -0.129. The van der Waals surface area contributed by atoms with Gasteiger partial charge in [0.2, 0.25) is 11.8 Å². The van der Waals surface area contributed by atoms with Crippen LogP contribution in [0, 0.1) is 11.8 Å². The molecule has 3 amide bonds. The molecule has 0 bridgehead atoms. The van der Waals surface area contributed by atoms with Gasteiger partial charge < -0.3 is 20.7 Å². The summed E-state index contributed by atoms with van der Waals surface area (Å²) in [6.45, 7) is 4.44. The fourth-order valence-electron chi connectivity index (χ4n) is 4.72. The molecule has 3 N–H and O–H groups in total. The van der Waals surface area contributed by atoms with Crippen molar-refractivity contribution in [1.82, 2.24) is 16.0 Å². The largest absolute Gasteiger partial charge is 0.443 e. The Morgan fingerprint density at radius 2 is 1.86 bits per heavy atom. The highest BCUT2D eigenvalue weighted by Crippen LogP contribution is 2.38. The fraction of sp³-hybridized carbons (Fsp3) is 0.615. The van der Waals surface area contributed by atoms with Crippen LogP contribution >= 0.6 is 11.6 Å². The second-order valence-electron chi connectivity index (χ2n) is 10.1. The summed E-state index contributed by atoms with van der Waals surface area (Å²) in [7, 11) is 0. The molecule has 1 aliphatic carbocycles. The number of hydrogen-bond donors (Lipinski definition) is 3. The Kier molecular flexibility index (Phi) is 9.55. The third kappa shape index (κ3) is 7.69. The Hall–Kier alpha value is -2.61. The van der Waals surface area contributed by atoms with Gasteiger partial charge in [-0.2, -0.15) is 0 Å². The van der Waals surface area contributed by atoms with Crippen LogP contribution in [-0.2, 0) is 25.5 Å². The number of carbonyl (C=O) groups is 4. The smallest absolute Gasteiger partial charge is 0.408 e. The Labute approximate surface area is 211 Å². The Morgan fingerprint density at radius 1 is 1.14 bits per heavy atom. The lowest BCUT2D eigenvalue weighted by Crippen LogP contribution is -2.54. The van der Waals surface area contributed by atoms with E-state index >= 15 is 0 Å². The lowest BCUT2D eigenvalue weighted by atomic mass is 9.76. The standard InChI is InChI=1S/C26H36ClN3O5/c1-17(2)13-21(24(33)29-20(22(31)16-27)14-19-9-12-28-23(19)32)30-25(34)35-26(10-6-11-26)15-18-7-4-3-5-8-18/h3-5,7-8,17,19-21H,6,9-16H2,1-2H3,(H,28,32)(H,29,33)(H,30,34). The summed E-state index contributed by atoms with van der Waals surface area (Å²) in [4.78, 5) is 50.5. The molecule has 1 heterocycles. The van der Waals surface area contributed by atoms with E-state index in [4.69, 9.17) is 16.3 Å². The van der Waals surface area contributed by atoms with Gasteiger partial charge in [-0.05, 0) is 50.0 Å². The molecular formula is C26H36ClN3O5. The van der Waals surface area contributed by atoms with Crippen molar-refractivity contribution in [2.75, 3.05) is 12.4 Å². The minimum atomic E-state index is -0.891. The zero-order valence-electron chi connectivity index (χ0n) is 20.5. The first-order valence-electron chi connectivity index (χ1n) is 12.4. The molecule has 2 aliphatic rings. The predicted octanol–water partition coefficient (Wildman–Crippen LogP) is 3.11. The molecule has 1 aliphatic heterocycles. The number of nitrogens with one attached hydrogen (secondary N) is 3. The van der Waals surface area contributed by atoms with Crippen molar-refractivity contribution >= 4 is 35.3 Å². The summed E-state index contributed by atoms with van der Waals surface area (Å²) < 4.78 is 5.86. The number of carbonyl (C=O) groups excluding carboxylic acids is 4. The maximum absolute atomic E-state index is 13.2. The first-order chi connectivity index (χ1) is 16.7. The highest BCUT2D eigenvalue weighted by Gasteiger charge is 2.42. The Morgan fingerprint density at radius 3 is 2.40 bits per heavy atom. The molecule has 1 aromatic carbocycles. The molecule has 1 aromatic rings. The van der Waals surface area contributed by atoms with Gasteiger partial charge in [-0.1, -0.05) is 44.2 Å².